The molecule has 230 valence electrons. The summed E-state index contributed by atoms with van der Waals surface area (Å²) in [5.41, 5.74) is 2.88. The fourth-order valence-electron chi connectivity index (χ4n) is 4.65. The number of urea groups is 1. The molecule has 45 heavy (non-hydrogen) atoms. The average Bonchev–Trinajstić information content (AvgIpc) is 3.92. The molecule has 0 saturated heterocycles. The highest BCUT2D eigenvalue weighted by Crippen LogP contribution is 2.39. The minimum absolute atomic E-state index is 0.177. The van der Waals surface area contributed by atoms with E-state index < -0.39 is 0 Å². The third-order valence-corrected chi connectivity index (χ3v) is 6.91. The van der Waals surface area contributed by atoms with Crippen LogP contribution >= 0.6 is 0 Å². The first-order valence-electron chi connectivity index (χ1n) is 14.6. The Morgan fingerprint density at radius 3 is 2.49 bits per heavy atom. The van der Waals surface area contributed by atoms with Crippen molar-refractivity contribution in [3.63, 3.8) is 0 Å². The second-order valence-electron chi connectivity index (χ2n) is 9.97. The molecule has 0 bridgehead atoms. The fraction of sp³-hybridized carbons (Fsp3) is 0.212. The van der Waals surface area contributed by atoms with E-state index in [0.717, 1.165) is 18.4 Å². The van der Waals surface area contributed by atoms with Crippen LogP contribution in [0.15, 0.2) is 85.7 Å². The van der Waals surface area contributed by atoms with Crippen LogP contribution in [0.3, 0.4) is 0 Å². The topological polar surface area (TPSA) is 142 Å². The van der Waals surface area contributed by atoms with Crippen LogP contribution in [0.1, 0.15) is 42.7 Å². The number of carbonyl (C=O) groups is 3. The second-order valence-corrected chi connectivity index (χ2v) is 9.97. The molecule has 0 radical (unpaired) electrons. The van der Waals surface area contributed by atoms with Gasteiger partial charge in [0.15, 0.2) is 5.82 Å². The van der Waals surface area contributed by atoms with E-state index >= 15 is 0 Å². The third-order valence-electron chi connectivity index (χ3n) is 6.91. The summed E-state index contributed by atoms with van der Waals surface area (Å²) in [6.45, 7) is 7.92. The predicted molar refractivity (Wildman–Crippen MR) is 172 cm³/mol. The Bertz CT molecular complexity index is 1720. The lowest BCUT2D eigenvalue weighted by atomic mass is 10.1. The molecule has 1 saturated carbocycles. The number of rotatable bonds is 9. The fourth-order valence-corrected chi connectivity index (χ4v) is 4.65. The minimum atomic E-state index is -0.346. The van der Waals surface area contributed by atoms with Gasteiger partial charge in [-0.25, -0.2) is 14.7 Å². The summed E-state index contributed by atoms with van der Waals surface area (Å²) < 4.78 is 5.88. The van der Waals surface area contributed by atoms with E-state index in [1.165, 1.54) is 19.3 Å². The largest absolute Gasteiger partial charge is 0.457 e. The molecule has 0 unspecified atom stereocenters. The Morgan fingerprint density at radius 1 is 1.00 bits per heavy atom. The molecule has 1 fully saturated rings. The molecule has 2 aliphatic rings. The van der Waals surface area contributed by atoms with Gasteiger partial charge in [-0.05, 0) is 67.4 Å². The number of aromatic nitrogens is 3. The first-order valence-corrected chi connectivity index (χ1v) is 14.6. The van der Waals surface area contributed by atoms with Crippen molar-refractivity contribution in [2.45, 2.75) is 39.3 Å². The van der Waals surface area contributed by atoms with Gasteiger partial charge < -0.3 is 25.6 Å². The van der Waals surface area contributed by atoms with Crippen molar-refractivity contribution >= 4 is 46.7 Å². The number of hydrogen-bond acceptors (Lipinski definition) is 8. The summed E-state index contributed by atoms with van der Waals surface area (Å²) in [5, 5.41) is 8.48. The van der Waals surface area contributed by atoms with Crippen LogP contribution in [0.25, 0.3) is 0 Å². The second kappa shape index (κ2) is 13.7. The lowest BCUT2D eigenvalue weighted by Crippen LogP contribution is -2.46. The molecular formula is C33H34N8O4. The van der Waals surface area contributed by atoms with Crippen molar-refractivity contribution in [1.29, 1.82) is 0 Å². The van der Waals surface area contributed by atoms with E-state index in [2.05, 4.69) is 32.5 Å². The van der Waals surface area contributed by atoms with Gasteiger partial charge in [0, 0.05) is 48.5 Å². The summed E-state index contributed by atoms with van der Waals surface area (Å²) in [5.74, 6) is 1.17. The van der Waals surface area contributed by atoms with Crippen molar-refractivity contribution in [2.75, 3.05) is 22.6 Å². The lowest BCUT2D eigenvalue weighted by molar-refractivity contribution is -0.111. The van der Waals surface area contributed by atoms with Gasteiger partial charge in [0.25, 0.3) is 5.91 Å². The summed E-state index contributed by atoms with van der Waals surface area (Å²) in [4.78, 5) is 54.2. The zero-order valence-corrected chi connectivity index (χ0v) is 25.3. The Balaban J connectivity index is 0.00000196. The molecule has 1 aliphatic carbocycles. The van der Waals surface area contributed by atoms with Crippen molar-refractivity contribution in [3.05, 3.63) is 97.0 Å². The number of carbonyl (C=O) groups excluding carboxylic acids is 3. The van der Waals surface area contributed by atoms with Crippen LogP contribution in [-0.4, -0.2) is 50.8 Å². The molecular weight excluding hydrogens is 572 g/mol. The Kier molecular flexibility index (Phi) is 9.32. The maximum absolute atomic E-state index is 13.7. The number of anilines is 5. The molecule has 12 nitrogen and oxygen atoms in total. The van der Waals surface area contributed by atoms with Crippen LogP contribution in [0.5, 0.6) is 11.5 Å². The van der Waals surface area contributed by atoms with Crippen molar-refractivity contribution in [2.24, 2.45) is 0 Å². The summed E-state index contributed by atoms with van der Waals surface area (Å²) >= 11 is 0. The van der Waals surface area contributed by atoms with E-state index in [-0.39, 0.29) is 29.6 Å². The number of nitrogens with one attached hydrogen (secondary N) is 3. The molecule has 4 aromatic rings. The van der Waals surface area contributed by atoms with E-state index in [1.807, 2.05) is 30.9 Å². The third kappa shape index (κ3) is 7.07. The first-order chi connectivity index (χ1) is 21.9. The van der Waals surface area contributed by atoms with E-state index in [0.29, 0.717) is 46.9 Å². The number of fused-ring (bicyclic) bond motifs is 1. The van der Waals surface area contributed by atoms with Gasteiger partial charge in [-0.3, -0.25) is 14.6 Å². The highest BCUT2D eigenvalue weighted by atomic mass is 16.5. The summed E-state index contributed by atoms with van der Waals surface area (Å²) in [7, 11) is 1.54. The van der Waals surface area contributed by atoms with Crippen LogP contribution in [-0.2, 0) is 11.3 Å². The average molecular weight is 607 g/mol. The lowest BCUT2D eigenvalue weighted by Gasteiger charge is -2.36. The van der Waals surface area contributed by atoms with E-state index in [1.54, 1.807) is 59.6 Å². The zero-order valence-electron chi connectivity index (χ0n) is 25.3. The molecule has 4 amide bonds. The number of hydrogen-bond donors (Lipinski definition) is 3. The Morgan fingerprint density at radius 2 is 1.78 bits per heavy atom. The highest BCUT2D eigenvalue weighted by molar-refractivity contribution is 6.03. The zero-order chi connectivity index (χ0) is 31.9. The van der Waals surface area contributed by atoms with Crippen molar-refractivity contribution < 1.29 is 19.1 Å². The number of ether oxygens (including phenoxy) is 1. The highest BCUT2D eigenvalue weighted by Gasteiger charge is 2.41. The minimum Gasteiger partial charge on any atom is -0.457 e. The normalized spacial score (nSPS) is 13.5. The smallest absolute Gasteiger partial charge is 0.330 e. The Hall–Kier alpha value is -5.78. The van der Waals surface area contributed by atoms with Crippen LogP contribution in [0.2, 0.25) is 0 Å². The van der Waals surface area contributed by atoms with Gasteiger partial charge in [0.2, 0.25) is 11.9 Å². The van der Waals surface area contributed by atoms with Crippen molar-refractivity contribution in [3.8, 4) is 11.5 Å². The van der Waals surface area contributed by atoms with Crippen molar-refractivity contribution in [1.82, 2.24) is 25.2 Å². The number of pyridine rings is 1. The van der Waals surface area contributed by atoms with Gasteiger partial charge in [0.1, 0.15) is 17.2 Å². The molecule has 0 atom stereocenters. The molecule has 6 rings (SSSR count). The summed E-state index contributed by atoms with van der Waals surface area (Å²) in [6, 6.07) is 17.4. The van der Waals surface area contributed by atoms with Gasteiger partial charge in [0.05, 0.1) is 12.2 Å². The molecule has 2 aromatic heterocycles. The molecule has 1 aliphatic heterocycles. The number of nitrogens with zero attached hydrogens (tertiary/aromatic N) is 5. The van der Waals surface area contributed by atoms with Gasteiger partial charge in [-0.2, -0.15) is 4.98 Å². The van der Waals surface area contributed by atoms with Gasteiger partial charge in [-0.1, -0.05) is 26.5 Å². The number of amides is 4. The quantitative estimate of drug-likeness (QED) is 0.193. The SMILES string of the molecule is C=CC(=O)Nc1cccc(N2C(=O)N(C3CC3)Cc3cnc(Nc4ccc(Oc5ccnc(C(=O)NC)c5)cc4)nc32)c1.CC. The monoisotopic (exact) mass is 606 g/mol. The summed E-state index contributed by atoms with van der Waals surface area (Å²) in [6.07, 6.45) is 6.35. The maximum Gasteiger partial charge on any atom is 0.330 e. The molecule has 3 N–H and O–H groups in total. The predicted octanol–water partition coefficient (Wildman–Crippen LogP) is 6.15. The van der Waals surface area contributed by atoms with Crippen LogP contribution in [0, 0.1) is 0 Å². The molecule has 12 heteroatoms. The molecule has 2 aromatic carbocycles. The van der Waals surface area contributed by atoms with Crippen LogP contribution < -0.4 is 25.6 Å². The standard InChI is InChI=1S/C31H28N8O4.C2H6/c1-3-27(40)35-21-5-4-6-23(15-21)39-28-19(18-38(31(39)42)22-9-10-22)17-34-30(37-28)36-20-7-11-24(12-8-20)43-25-13-14-33-26(16-25)29(41)32-2;1-2/h3-8,11-17,22H,1,9-10,18H2,2H3,(H,32,41)(H,35,40)(H,34,36,37);1-2H3. The van der Waals surface area contributed by atoms with Crippen LogP contribution in [0.4, 0.5) is 33.6 Å². The maximum atomic E-state index is 13.7. The van der Waals surface area contributed by atoms with E-state index in [4.69, 9.17) is 9.72 Å². The van der Waals surface area contributed by atoms with Gasteiger partial charge in [-0.15, -0.1) is 0 Å². The number of benzene rings is 2. The van der Waals surface area contributed by atoms with Gasteiger partial charge >= 0.3 is 6.03 Å². The molecule has 0 spiro atoms. The first kappa shape index (κ1) is 30.7. The molecule has 3 heterocycles. The Labute approximate surface area is 261 Å². The van der Waals surface area contributed by atoms with E-state index in [9.17, 15) is 14.4 Å².